The summed E-state index contributed by atoms with van der Waals surface area (Å²) in [4.78, 5) is 4.55. The third-order valence-electron chi connectivity index (χ3n) is 9.84. The average molecular weight is 669 g/mol. The van der Waals surface area contributed by atoms with Gasteiger partial charge in [-0.05, 0) is 96.1 Å². The van der Waals surface area contributed by atoms with Gasteiger partial charge in [-0.3, -0.25) is 0 Å². The lowest BCUT2D eigenvalue weighted by Gasteiger charge is -2.26. The number of para-hydroxylation sites is 3. The Morgan fingerprint density at radius 3 is 1.29 bits per heavy atom. The number of hydrogen-bond donors (Lipinski definition) is 0. The molecule has 4 heteroatoms. The highest BCUT2D eigenvalue weighted by Gasteiger charge is 2.19. The van der Waals surface area contributed by atoms with Gasteiger partial charge in [0.25, 0.3) is 0 Å². The molecule has 0 bridgehead atoms. The standard InChI is InChI=1S/C48H32N2O2/c1-4-12-33(13-5-1)34-20-22-37(23-21-34)49(35-14-6-2-7-15-35)38-26-29-46-44(30-38)43-28-25-40(32-48(43)52-46)50(36-16-8-3-9-17-36)39-24-27-42-41-18-10-11-19-45(41)51-47(42)31-39/h1-32H. The van der Waals surface area contributed by atoms with Gasteiger partial charge in [0.15, 0.2) is 0 Å². The van der Waals surface area contributed by atoms with Crippen molar-refractivity contribution in [3.05, 3.63) is 194 Å². The van der Waals surface area contributed by atoms with Gasteiger partial charge in [-0.25, -0.2) is 0 Å². The van der Waals surface area contributed by atoms with Gasteiger partial charge in [0.2, 0.25) is 0 Å². The molecule has 2 aromatic heterocycles. The van der Waals surface area contributed by atoms with Crippen molar-refractivity contribution in [3.8, 4) is 11.1 Å². The van der Waals surface area contributed by atoms with E-state index in [1.54, 1.807) is 0 Å². The molecule has 2 heterocycles. The number of rotatable bonds is 7. The monoisotopic (exact) mass is 668 g/mol. The Bertz CT molecular complexity index is 2840. The van der Waals surface area contributed by atoms with Crippen LogP contribution >= 0.6 is 0 Å². The van der Waals surface area contributed by atoms with Gasteiger partial charge in [0, 0.05) is 67.8 Å². The number of fused-ring (bicyclic) bond motifs is 6. The molecule has 8 aromatic carbocycles. The van der Waals surface area contributed by atoms with Crippen LogP contribution in [0, 0.1) is 0 Å². The highest BCUT2D eigenvalue weighted by Crippen LogP contribution is 2.43. The molecule has 4 nitrogen and oxygen atoms in total. The molecule has 0 aliphatic rings. The van der Waals surface area contributed by atoms with Crippen LogP contribution < -0.4 is 9.80 Å². The van der Waals surface area contributed by atoms with Crippen molar-refractivity contribution in [2.45, 2.75) is 0 Å². The summed E-state index contributed by atoms with van der Waals surface area (Å²) >= 11 is 0. The van der Waals surface area contributed by atoms with E-state index in [-0.39, 0.29) is 0 Å². The third-order valence-corrected chi connectivity index (χ3v) is 9.84. The molecule has 52 heavy (non-hydrogen) atoms. The molecule has 0 saturated carbocycles. The molecule has 246 valence electrons. The molecule has 0 atom stereocenters. The van der Waals surface area contributed by atoms with Crippen molar-refractivity contribution < 1.29 is 8.83 Å². The summed E-state index contributed by atoms with van der Waals surface area (Å²) in [6.45, 7) is 0. The molecule has 0 aliphatic carbocycles. The number of benzene rings is 8. The minimum atomic E-state index is 0.828. The molecular weight excluding hydrogens is 637 g/mol. The molecule has 0 saturated heterocycles. The maximum atomic E-state index is 6.57. The first kappa shape index (κ1) is 29.8. The van der Waals surface area contributed by atoms with Crippen LogP contribution in [-0.2, 0) is 0 Å². The predicted octanol–water partition coefficient (Wildman–Crippen LogP) is 14.1. The molecule has 0 N–H and O–H groups in total. The van der Waals surface area contributed by atoms with Crippen molar-refractivity contribution in [1.82, 2.24) is 0 Å². The largest absolute Gasteiger partial charge is 0.456 e. The highest BCUT2D eigenvalue weighted by atomic mass is 16.3. The quantitative estimate of drug-likeness (QED) is 0.169. The van der Waals surface area contributed by atoms with Crippen molar-refractivity contribution in [2.24, 2.45) is 0 Å². The van der Waals surface area contributed by atoms with Crippen LogP contribution in [-0.4, -0.2) is 0 Å². The Labute approximate surface area is 301 Å². The number of furan rings is 2. The van der Waals surface area contributed by atoms with Gasteiger partial charge in [-0.1, -0.05) is 97.1 Å². The molecule has 10 aromatic rings. The first-order valence-electron chi connectivity index (χ1n) is 17.5. The van der Waals surface area contributed by atoms with Crippen LogP contribution in [0.1, 0.15) is 0 Å². The zero-order valence-corrected chi connectivity index (χ0v) is 28.2. The Morgan fingerprint density at radius 2 is 0.654 bits per heavy atom. The Morgan fingerprint density at radius 1 is 0.250 bits per heavy atom. The zero-order valence-electron chi connectivity index (χ0n) is 28.2. The van der Waals surface area contributed by atoms with Gasteiger partial charge in [-0.15, -0.1) is 0 Å². The minimum Gasteiger partial charge on any atom is -0.456 e. The van der Waals surface area contributed by atoms with E-state index < -0.39 is 0 Å². The second kappa shape index (κ2) is 12.4. The Hall–Kier alpha value is -7.04. The fourth-order valence-electron chi connectivity index (χ4n) is 7.37. The molecule has 10 rings (SSSR count). The normalized spacial score (nSPS) is 11.5. The van der Waals surface area contributed by atoms with Crippen LogP contribution in [0.5, 0.6) is 0 Å². The Balaban J connectivity index is 1.07. The first-order valence-corrected chi connectivity index (χ1v) is 17.5. The lowest BCUT2D eigenvalue weighted by Crippen LogP contribution is -2.09. The number of nitrogens with zero attached hydrogens (tertiary/aromatic N) is 2. The molecule has 0 radical (unpaired) electrons. The predicted molar refractivity (Wildman–Crippen MR) is 216 cm³/mol. The summed E-state index contributed by atoms with van der Waals surface area (Å²) in [7, 11) is 0. The molecule has 0 aliphatic heterocycles. The summed E-state index contributed by atoms with van der Waals surface area (Å²) in [5, 5.41) is 4.35. The van der Waals surface area contributed by atoms with Crippen LogP contribution in [0.4, 0.5) is 34.1 Å². The number of hydrogen-bond acceptors (Lipinski definition) is 4. The van der Waals surface area contributed by atoms with E-state index in [4.69, 9.17) is 8.83 Å². The maximum absolute atomic E-state index is 6.57. The van der Waals surface area contributed by atoms with E-state index in [0.717, 1.165) is 78.0 Å². The lowest BCUT2D eigenvalue weighted by atomic mass is 10.0. The smallest absolute Gasteiger partial charge is 0.137 e. The minimum absolute atomic E-state index is 0.828. The maximum Gasteiger partial charge on any atom is 0.137 e. The highest BCUT2D eigenvalue weighted by molar-refractivity contribution is 6.09. The van der Waals surface area contributed by atoms with Gasteiger partial charge in [0.1, 0.15) is 22.3 Å². The lowest BCUT2D eigenvalue weighted by molar-refractivity contribution is 0.669. The summed E-state index contributed by atoms with van der Waals surface area (Å²) < 4.78 is 12.9. The molecule has 0 amide bonds. The molecule has 0 unspecified atom stereocenters. The van der Waals surface area contributed by atoms with Crippen LogP contribution in [0.15, 0.2) is 203 Å². The molecule has 0 spiro atoms. The summed E-state index contributed by atoms with van der Waals surface area (Å²) in [6, 6.07) is 67.8. The second-order valence-electron chi connectivity index (χ2n) is 13.0. The van der Waals surface area contributed by atoms with Gasteiger partial charge < -0.3 is 18.6 Å². The van der Waals surface area contributed by atoms with E-state index in [0.29, 0.717) is 0 Å². The summed E-state index contributed by atoms with van der Waals surface area (Å²) in [5.74, 6) is 0. The van der Waals surface area contributed by atoms with E-state index in [2.05, 4.69) is 180 Å². The summed E-state index contributed by atoms with van der Waals surface area (Å²) in [6.07, 6.45) is 0. The van der Waals surface area contributed by atoms with E-state index in [1.807, 2.05) is 24.3 Å². The van der Waals surface area contributed by atoms with Crippen molar-refractivity contribution >= 4 is 78.0 Å². The van der Waals surface area contributed by atoms with E-state index in [1.165, 1.54) is 11.1 Å². The van der Waals surface area contributed by atoms with Gasteiger partial charge in [0.05, 0.1) is 0 Å². The van der Waals surface area contributed by atoms with Crippen molar-refractivity contribution in [1.29, 1.82) is 0 Å². The molecule has 0 fully saturated rings. The van der Waals surface area contributed by atoms with Crippen LogP contribution in [0.25, 0.3) is 55.0 Å². The zero-order chi connectivity index (χ0) is 34.4. The SMILES string of the molecule is c1ccc(-c2ccc(N(c3ccccc3)c3ccc4oc5cc(N(c6ccccc6)c6ccc7c(c6)oc6ccccc67)ccc5c4c3)cc2)cc1. The van der Waals surface area contributed by atoms with Gasteiger partial charge >= 0.3 is 0 Å². The fraction of sp³-hybridized carbons (Fsp3) is 0. The van der Waals surface area contributed by atoms with Crippen LogP contribution in [0.2, 0.25) is 0 Å². The van der Waals surface area contributed by atoms with E-state index >= 15 is 0 Å². The van der Waals surface area contributed by atoms with Crippen molar-refractivity contribution in [3.63, 3.8) is 0 Å². The molecular formula is C48H32N2O2. The average Bonchev–Trinajstić information content (AvgIpc) is 3.77. The summed E-state index contributed by atoms with van der Waals surface area (Å²) in [5.41, 5.74) is 12.1. The number of anilines is 6. The van der Waals surface area contributed by atoms with Gasteiger partial charge in [-0.2, -0.15) is 0 Å². The van der Waals surface area contributed by atoms with Crippen molar-refractivity contribution in [2.75, 3.05) is 9.80 Å². The second-order valence-corrected chi connectivity index (χ2v) is 13.0. The Kier molecular flexibility index (Phi) is 7.10. The van der Waals surface area contributed by atoms with E-state index in [9.17, 15) is 0 Å². The topological polar surface area (TPSA) is 32.8 Å². The van der Waals surface area contributed by atoms with Crippen LogP contribution in [0.3, 0.4) is 0 Å². The third kappa shape index (κ3) is 5.17. The first-order chi connectivity index (χ1) is 25.8. The fourth-order valence-corrected chi connectivity index (χ4v) is 7.37.